The predicted molar refractivity (Wildman–Crippen MR) is 83.7 cm³/mol. The zero-order valence-corrected chi connectivity index (χ0v) is 13.1. The first-order valence-electron chi connectivity index (χ1n) is 7.16. The largest absolute Gasteiger partial charge is 0.508 e. The van der Waals surface area contributed by atoms with Gasteiger partial charge in [0, 0.05) is 7.05 Å². The molecule has 8 heteroatoms. The summed E-state index contributed by atoms with van der Waals surface area (Å²) in [5, 5.41) is 16.8. The van der Waals surface area contributed by atoms with Crippen LogP contribution >= 0.6 is 0 Å². The Morgan fingerprint density at radius 2 is 2.04 bits per heavy atom. The summed E-state index contributed by atoms with van der Waals surface area (Å²) in [6.07, 6.45) is 0. The molecule has 0 saturated heterocycles. The Hall–Kier alpha value is -3.16. The van der Waals surface area contributed by atoms with E-state index >= 15 is 0 Å². The second-order valence-electron chi connectivity index (χ2n) is 5.27. The molecule has 7 nitrogen and oxygen atoms in total. The van der Waals surface area contributed by atoms with Gasteiger partial charge in [-0.1, -0.05) is 6.07 Å². The lowest BCUT2D eigenvalue weighted by atomic mass is 10.1. The number of tetrazole rings is 1. The molecule has 0 aliphatic rings. The average molecular weight is 330 g/mol. The maximum absolute atomic E-state index is 14.3. The van der Waals surface area contributed by atoms with Crippen molar-refractivity contribution in [3.63, 3.8) is 0 Å². The number of rotatable bonds is 4. The van der Waals surface area contributed by atoms with Crippen molar-refractivity contribution in [2.45, 2.75) is 13.5 Å². The number of phenols is 1. The number of ether oxygens (including phenoxy) is 1. The number of benzene rings is 2. The fourth-order valence-electron chi connectivity index (χ4n) is 2.30. The molecule has 0 spiro atoms. The van der Waals surface area contributed by atoms with Crippen LogP contribution in [0.5, 0.6) is 11.5 Å². The third kappa shape index (κ3) is 2.85. The molecule has 0 saturated carbocycles. The molecular weight excluding hydrogens is 315 g/mol. The minimum Gasteiger partial charge on any atom is -0.508 e. The number of aromatic hydroxyl groups is 1. The van der Waals surface area contributed by atoms with Gasteiger partial charge in [0.05, 0.1) is 11.3 Å². The maximum Gasteiger partial charge on any atom is 0.368 e. The van der Waals surface area contributed by atoms with Crippen molar-refractivity contribution in [2.24, 2.45) is 7.05 Å². The zero-order chi connectivity index (χ0) is 17.3. The summed E-state index contributed by atoms with van der Waals surface area (Å²) in [5.41, 5.74) is 0.685. The van der Waals surface area contributed by atoms with Crippen LogP contribution in [0, 0.1) is 12.7 Å². The molecule has 0 radical (unpaired) electrons. The highest BCUT2D eigenvalue weighted by atomic mass is 19.1. The van der Waals surface area contributed by atoms with Crippen LogP contribution in [0.4, 0.5) is 4.39 Å². The predicted octanol–water partition coefficient (Wildman–Crippen LogP) is 1.70. The van der Waals surface area contributed by atoms with Crippen molar-refractivity contribution in [3.05, 3.63) is 63.8 Å². The van der Waals surface area contributed by atoms with Crippen LogP contribution in [-0.2, 0) is 13.7 Å². The molecule has 0 amide bonds. The number of aryl methyl sites for hydroxylation is 2. The molecule has 3 aromatic rings. The molecule has 1 heterocycles. The molecule has 124 valence electrons. The topological polar surface area (TPSA) is 82.2 Å². The Balaban J connectivity index is 1.96. The van der Waals surface area contributed by atoms with Gasteiger partial charge in [-0.15, -0.1) is 0 Å². The fourth-order valence-corrected chi connectivity index (χ4v) is 2.30. The van der Waals surface area contributed by atoms with Crippen molar-refractivity contribution >= 4 is 0 Å². The smallest absolute Gasteiger partial charge is 0.368 e. The molecule has 3 rings (SSSR count). The summed E-state index contributed by atoms with van der Waals surface area (Å²) in [6.45, 7) is 1.67. The second-order valence-corrected chi connectivity index (χ2v) is 5.27. The highest BCUT2D eigenvalue weighted by Gasteiger charge is 2.15. The van der Waals surface area contributed by atoms with Gasteiger partial charge in [0.1, 0.15) is 23.9 Å². The second kappa shape index (κ2) is 6.15. The number of hydrogen-bond acceptors (Lipinski definition) is 5. The Bertz CT molecular complexity index is 949. The van der Waals surface area contributed by atoms with Gasteiger partial charge in [-0.2, -0.15) is 9.36 Å². The first-order chi connectivity index (χ1) is 11.5. The van der Waals surface area contributed by atoms with Gasteiger partial charge in [0.15, 0.2) is 0 Å². The minimum absolute atomic E-state index is 0.101. The Kier molecular flexibility index (Phi) is 4.03. The van der Waals surface area contributed by atoms with E-state index in [-0.39, 0.29) is 23.6 Å². The number of aromatic nitrogens is 4. The van der Waals surface area contributed by atoms with E-state index in [0.29, 0.717) is 11.3 Å². The Morgan fingerprint density at radius 3 is 2.71 bits per heavy atom. The molecule has 24 heavy (non-hydrogen) atoms. The van der Waals surface area contributed by atoms with Crippen molar-refractivity contribution < 1.29 is 14.2 Å². The van der Waals surface area contributed by atoms with E-state index in [2.05, 4.69) is 10.4 Å². The molecule has 2 aromatic carbocycles. The van der Waals surface area contributed by atoms with Crippen molar-refractivity contribution in [1.82, 2.24) is 19.8 Å². The van der Waals surface area contributed by atoms with Crippen LogP contribution in [0.3, 0.4) is 0 Å². The molecular formula is C16H15FN4O3. The SMILES string of the molecule is Cc1cc(O)ccc1OCc1c(F)cccc1-n1nnn(C)c1=O. The number of hydrogen-bond donors (Lipinski definition) is 1. The summed E-state index contributed by atoms with van der Waals surface area (Å²) in [4.78, 5) is 12.0. The fraction of sp³-hybridized carbons (Fsp3) is 0.188. The summed E-state index contributed by atoms with van der Waals surface area (Å²) in [5.74, 6) is 0.118. The van der Waals surface area contributed by atoms with Crippen LogP contribution < -0.4 is 10.4 Å². The van der Waals surface area contributed by atoms with Gasteiger partial charge < -0.3 is 9.84 Å². The molecule has 1 N–H and O–H groups in total. The van der Waals surface area contributed by atoms with Crippen LogP contribution in [0.2, 0.25) is 0 Å². The van der Waals surface area contributed by atoms with E-state index in [1.807, 2.05) is 0 Å². The molecule has 0 atom stereocenters. The van der Waals surface area contributed by atoms with Crippen molar-refractivity contribution in [3.8, 4) is 17.2 Å². The van der Waals surface area contributed by atoms with Gasteiger partial charge in [-0.05, 0) is 53.2 Å². The highest BCUT2D eigenvalue weighted by molar-refractivity contribution is 5.42. The van der Waals surface area contributed by atoms with Gasteiger partial charge in [-0.25, -0.2) is 9.18 Å². The summed E-state index contributed by atoms with van der Waals surface area (Å²) < 4.78 is 22.0. The third-order valence-corrected chi connectivity index (χ3v) is 3.57. The first kappa shape index (κ1) is 15.7. The first-order valence-corrected chi connectivity index (χ1v) is 7.16. The molecule has 0 fully saturated rings. The molecule has 0 unspecified atom stereocenters. The van der Waals surface area contributed by atoms with Crippen LogP contribution in [0.15, 0.2) is 41.2 Å². The number of halogens is 1. The van der Waals surface area contributed by atoms with E-state index in [4.69, 9.17) is 4.74 Å². The van der Waals surface area contributed by atoms with E-state index in [1.54, 1.807) is 25.1 Å². The van der Waals surface area contributed by atoms with Crippen molar-refractivity contribution in [1.29, 1.82) is 0 Å². The summed E-state index contributed by atoms with van der Waals surface area (Å²) in [7, 11) is 1.46. The third-order valence-electron chi connectivity index (χ3n) is 3.57. The van der Waals surface area contributed by atoms with E-state index < -0.39 is 11.5 Å². The minimum atomic E-state index is -0.513. The summed E-state index contributed by atoms with van der Waals surface area (Å²) >= 11 is 0. The van der Waals surface area contributed by atoms with E-state index in [9.17, 15) is 14.3 Å². The molecule has 0 aliphatic heterocycles. The van der Waals surface area contributed by atoms with E-state index in [0.717, 1.165) is 9.36 Å². The zero-order valence-electron chi connectivity index (χ0n) is 13.1. The van der Waals surface area contributed by atoms with Gasteiger partial charge in [0.2, 0.25) is 0 Å². The monoisotopic (exact) mass is 330 g/mol. The molecule has 1 aromatic heterocycles. The lowest BCUT2D eigenvalue weighted by Gasteiger charge is -2.12. The van der Waals surface area contributed by atoms with Gasteiger partial charge >= 0.3 is 5.69 Å². The van der Waals surface area contributed by atoms with Gasteiger partial charge in [0.25, 0.3) is 0 Å². The average Bonchev–Trinajstić information content (AvgIpc) is 2.87. The standard InChI is InChI=1S/C16H15FN4O3/c1-10-8-11(22)6-7-15(10)24-9-12-13(17)4-3-5-14(12)21-16(23)20(2)18-19-21/h3-8,22H,9H2,1-2H3. The molecule has 0 bridgehead atoms. The number of phenolic OH excluding ortho intramolecular Hbond substituents is 1. The lowest BCUT2D eigenvalue weighted by molar-refractivity contribution is 0.296. The van der Waals surface area contributed by atoms with E-state index in [1.165, 1.54) is 25.2 Å². The summed E-state index contributed by atoms with van der Waals surface area (Å²) in [6, 6.07) is 8.97. The van der Waals surface area contributed by atoms with Crippen LogP contribution in [0.1, 0.15) is 11.1 Å². The van der Waals surface area contributed by atoms with Crippen LogP contribution in [-0.4, -0.2) is 24.9 Å². The Labute approximate surface area is 136 Å². The molecule has 0 aliphatic carbocycles. The van der Waals surface area contributed by atoms with Crippen LogP contribution in [0.25, 0.3) is 5.69 Å². The lowest BCUT2D eigenvalue weighted by Crippen LogP contribution is -2.23. The quantitative estimate of drug-likeness (QED) is 0.787. The maximum atomic E-state index is 14.3. The normalized spacial score (nSPS) is 10.8. The highest BCUT2D eigenvalue weighted by Crippen LogP contribution is 2.25. The van der Waals surface area contributed by atoms with Crippen molar-refractivity contribution in [2.75, 3.05) is 0 Å². The van der Waals surface area contributed by atoms with Gasteiger partial charge in [-0.3, -0.25) is 0 Å². The Morgan fingerprint density at radius 1 is 1.25 bits per heavy atom. The number of nitrogens with zero attached hydrogens (tertiary/aromatic N) is 4.